The van der Waals surface area contributed by atoms with Crippen molar-refractivity contribution < 1.29 is 4.74 Å². The maximum Gasteiger partial charge on any atom is 0.261 e. The van der Waals surface area contributed by atoms with Gasteiger partial charge in [-0.05, 0) is 68.6 Å². The summed E-state index contributed by atoms with van der Waals surface area (Å²) in [5.74, 6) is 2.23. The minimum Gasteiger partial charge on any atom is -0.497 e. The fraction of sp³-hybridized carbons (Fsp3) is 0.391. The first-order chi connectivity index (χ1) is 13.6. The number of benzene rings is 2. The molecule has 1 fully saturated rings. The van der Waals surface area contributed by atoms with Gasteiger partial charge in [-0.3, -0.25) is 14.3 Å². The van der Waals surface area contributed by atoms with Gasteiger partial charge in [0.1, 0.15) is 11.6 Å². The molecule has 1 saturated heterocycles. The van der Waals surface area contributed by atoms with Crippen molar-refractivity contribution >= 4 is 10.9 Å². The first-order valence-corrected chi connectivity index (χ1v) is 9.95. The van der Waals surface area contributed by atoms with E-state index in [1.807, 2.05) is 47.9 Å². The van der Waals surface area contributed by atoms with Gasteiger partial charge in [-0.2, -0.15) is 0 Å². The zero-order chi connectivity index (χ0) is 19.5. The van der Waals surface area contributed by atoms with Gasteiger partial charge in [-0.15, -0.1) is 0 Å². The number of para-hydroxylation sites is 1. The Morgan fingerprint density at radius 2 is 1.79 bits per heavy atom. The lowest BCUT2D eigenvalue weighted by molar-refractivity contribution is 0.166. The molecule has 0 atom stereocenters. The largest absolute Gasteiger partial charge is 0.497 e. The molecule has 2 aromatic carbocycles. The molecule has 146 valence electrons. The van der Waals surface area contributed by atoms with Crippen LogP contribution in [-0.2, 0) is 13.1 Å². The second kappa shape index (κ2) is 8.15. The van der Waals surface area contributed by atoms with E-state index in [1.54, 1.807) is 7.11 Å². The zero-order valence-corrected chi connectivity index (χ0v) is 16.6. The van der Waals surface area contributed by atoms with Crippen LogP contribution < -0.4 is 10.3 Å². The van der Waals surface area contributed by atoms with Crippen molar-refractivity contribution in [3.05, 3.63) is 70.3 Å². The smallest absolute Gasteiger partial charge is 0.261 e. The Morgan fingerprint density at radius 1 is 1.07 bits per heavy atom. The molecule has 28 heavy (non-hydrogen) atoms. The van der Waals surface area contributed by atoms with E-state index in [1.165, 1.54) is 5.56 Å². The molecular weight excluding hydrogens is 350 g/mol. The maximum absolute atomic E-state index is 12.9. The number of fused-ring (bicyclic) bond motifs is 1. The summed E-state index contributed by atoms with van der Waals surface area (Å²) in [6.07, 6.45) is 2.21. The van der Waals surface area contributed by atoms with Crippen LogP contribution in [-0.4, -0.2) is 34.7 Å². The second-order valence-corrected chi connectivity index (χ2v) is 7.66. The van der Waals surface area contributed by atoms with Crippen molar-refractivity contribution in [1.29, 1.82) is 0 Å². The molecule has 5 heteroatoms. The Labute approximate surface area is 165 Å². The van der Waals surface area contributed by atoms with Gasteiger partial charge in [0, 0.05) is 13.1 Å². The van der Waals surface area contributed by atoms with Crippen LogP contribution in [0.4, 0.5) is 0 Å². The standard InChI is InChI=1S/C23H27N3O2/c1-17-24-22-6-4-3-5-21(22)23(27)26(17)16-19-11-13-25(14-12-19)15-18-7-9-20(28-2)10-8-18/h3-10,19H,11-16H2,1-2H3. The summed E-state index contributed by atoms with van der Waals surface area (Å²) in [6.45, 7) is 5.79. The minimum absolute atomic E-state index is 0.0868. The molecule has 1 aliphatic heterocycles. The third-order valence-corrected chi connectivity index (χ3v) is 5.77. The van der Waals surface area contributed by atoms with Gasteiger partial charge in [0.2, 0.25) is 0 Å². The molecule has 1 aromatic heterocycles. The van der Waals surface area contributed by atoms with E-state index >= 15 is 0 Å². The molecule has 0 N–H and O–H groups in total. The van der Waals surface area contributed by atoms with Crippen LogP contribution in [0, 0.1) is 12.8 Å². The van der Waals surface area contributed by atoms with Crippen molar-refractivity contribution in [3.8, 4) is 5.75 Å². The Hall–Kier alpha value is -2.66. The molecule has 0 radical (unpaired) electrons. The fourth-order valence-corrected chi connectivity index (χ4v) is 4.07. The summed E-state index contributed by atoms with van der Waals surface area (Å²) >= 11 is 0. The van der Waals surface area contributed by atoms with Gasteiger partial charge in [-0.1, -0.05) is 24.3 Å². The second-order valence-electron chi connectivity index (χ2n) is 7.66. The normalized spacial score (nSPS) is 15.8. The lowest BCUT2D eigenvalue weighted by Crippen LogP contribution is -2.36. The molecular formula is C23H27N3O2. The Bertz CT molecular complexity index is 1000. The summed E-state index contributed by atoms with van der Waals surface area (Å²) in [4.78, 5) is 20.0. The number of piperidine rings is 1. The summed E-state index contributed by atoms with van der Waals surface area (Å²) in [5.41, 5.74) is 2.18. The monoisotopic (exact) mass is 377 g/mol. The molecule has 1 aliphatic rings. The van der Waals surface area contributed by atoms with Gasteiger partial charge in [0.05, 0.1) is 18.0 Å². The van der Waals surface area contributed by atoms with Crippen molar-refractivity contribution in [2.24, 2.45) is 5.92 Å². The van der Waals surface area contributed by atoms with Crippen molar-refractivity contribution in [2.45, 2.75) is 32.9 Å². The number of likely N-dealkylation sites (tertiary alicyclic amines) is 1. The van der Waals surface area contributed by atoms with Gasteiger partial charge in [0.15, 0.2) is 0 Å². The van der Waals surface area contributed by atoms with Crippen LogP contribution in [0.5, 0.6) is 5.75 Å². The van der Waals surface area contributed by atoms with Crippen LogP contribution >= 0.6 is 0 Å². The zero-order valence-electron chi connectivity index (χ0n) is 16.6. The van der Waals surface area contributed by atoms with Crippen LogP contribution in [0.15, 0.2) is 53.3 Å². The predicted molar refractivity (Wildman–Crippen MR) is 112 cm³/mol. The van der Waals surface area contributed by atoms with E-state index in [2.05, 4.69) is 22.0 Å². The van der Waals surface area contributed by atoms with Gasteiger partial charge >= 0.3 is 0 Å². The molecule has 0 saturated carbocycles. The van der Waals surface area contributed by atoms with E-state index in [0.29, 0.717) is 11.3 Å². The van der Waals surface area contributed by atoms with E-state index in [9.17, 15) is 4.79 Å². The average molecular weight is 377 g/mol. The van der Waals surface area contributed by atoms with Crippen molar-refractivity contribution in [3.63, 3.8) is 0 Å². The van der Waals surface area contributed by atoms with Crippen LogP contribution in [0.25, 0.3) is 10.9 Å². The quantitative estimate of drug-likeness (QED) is 0.681. The van der Waals surface area contributed by atoms with Crippen LogP contribution in [0.3, 0.4) is 0 Å². The number of methoxy groups -OCH3 is 1. The summed E-state index contributed by atoms with van der Waals surface area (Å²) in [6, 6.07) is 15.9. The molecule has 2 heterocycles. The highest BCUT2D eigenvalue weighted by molar-refractivity contribution is 5.77. The number of hydrogen-bond acceptors (Lipinski definition) is 4. The molecule has 0 unspecified atom stereocenters. The number of aromatic nitrogens is 2. The van der Waals surface area contributed by atoms with Crippen LogP contribution in [0.1, 0.15) is 24.2 Å². The highest BCUT2D eigenvalue weighted by Gasteiger charge is 2.21. The molecule has 0 spiro atoms. The third kappa shape index (κ3) is 3.94. The fourth-order valence-electron chi connectivity index (χ4n) is 4.07. The molecule has 0 bridgehead atoms. The van der Waals surface area contributed by atoms with Crippen LogP contribution in [0.2, 0.25) is 0 Å². The molecule has 4 rings (SSSR count). The molecule has 0 amide bonds. The van der Waals surface area contributed by atoms with Gasteiger partial charge in [0.25, 0.3) is 5.56 Å². The van der Waals surface area contributed by atoms with E-state index < -0.39 is 0 Å². The van der Waals surface area contributed by atoms with Gasteiger partial charge < -0.3 is 4.74 Å². The summed E-state index contributed by atoms with van der Waals surface area (Å²) < 4.78 is 7.10. The molecule has 5 nitrogen and oxygen atoms in total. The lowest BCUT2D eigenvalue weighted by Gasteiger charge is -2.32. The summed E-state index contributed by atoms with van der Waals surface area (Å²) in [7, 11) is 1.69. The SMILES string of the molecule is COc1ccc(CN2CCC(Cn3c(C)nc4ccccc4c3=O)CC2)cc1. The number of rotatable bonds is 5. The number of hydrogen-bond donors (Lipinski definition) is 0. The topological polar surface area (TPSA) is 47.4 Å². The number of aryl methyl sites for hydroxylation is 1. The first kappa shape index (κ1) is 18.7. The third-order valence-electron chi connectivity index (χ3n) is 5.77. The Kier molecular flexibility index (Phi) is 5.44. The molecule has 3 aromatic rings. The maximum atomic E-state index is 12.9. The predicted octanol–water partition coefficient (Wildman–Crippen LogP) is 3.63. The number of ether oxygens (including phenoxy) is 1. The highest BCUT2D eigenvalue weighted by Crippen LogP contribution is 2.22. The minimum atomic E-state index is 0.0868. The molecule has 0 aliphatic carbocycles. The van der Waals surface area contributed by atoms with Crippen molar-refractivity contribution in [1.82, 2.24) is 14.5 Å². The van der Waals surface area contributed by atoms with Crippen molar-refractivity contribution in [2.75, 3.05) is 20.2 Å². The number of nitrogens with zero attached hydrogens (tertiary/aromatic N) is 3. The van der Waals surface area contributed by atoms with E-state index in [-0.39, 0.29) is 5.56 Å². The first-order valence-electron chi connectivity index (χ1n) is 9.95. The Morgan fingerprint density at radius 3 is 2.50 bits per heavy atom. The lowest BCUT2D eigenvalue weighted by atomic mass is 9.96. The van der Waals surface area contributed by atoms with Gasteiger partial charge in [-0.25, -0.2) is 4.98 Å². The summed E-state index contributed by atoms with van der Waals surface area (Å²) in [5, 5.41) is 0.713. The Balaban J connectivity index is 1.39. The van der Waals surface area contributed by atoms with E-state index in [4.69, 9.17) is 4.74 Å². The average Bonchev–Trinajstić information content (AvgIpc) is 2.73. The van der Waals surface area contributed by atoms with E-state index in [0.717, 1.165) is 56.1 Å². The highest BCUT2D eigenvalue weighted by atomic mass is 16.5.